The third-order valence-electron chi connectivity index (χ3n) is 1.26. The van der Waals surface area contributed by atoms with E-state index in [-0.39, 0.29) is 0 Å². The van der Waals surface area contributed by atoms with Crippen molar-refractivity contribution < 1.29 is 0 Å². The fourth-order valence-electron chi connectivity index (χ4n) is 0.578. The molecular weight excluding hydrogens is 134 g/mol. The molecule has 0 aliphatic carbocycles. The molecular formula is C10H15N. The van der Waals surface area contributed by atoms with E-state index in [1.807, 2.05) is 38.3 Å². The molecule has 0 saturated heterocycles. The van der Waals surface area contributed by atoms with Crippen LogP contribution in [-0.2, 0) is 0 Å². The summed E-state index contributed by atoms with van der Waals surface area (Å²) >= 11 is 0. The fourth-order valence-corrected chi connectivity index (χ4v) is 0.578. The maximum Gasteiger partial charge on any atom is 0.0277 e. The lowest BCUT2D eigenvalue weighted by Crippen LogP contribution is -1.75. The molecule has 60 valence electrons. The average molecular weight is 149 g/mol. The van der Waals surface area contributed by atoms with Crippen LogP contribution in [0.3, 0.4) is 0 Å². The summed E-state index contributed by atoms with van der Waals surface area (Å²) in [7, 11) is 1.77. The fraction of sp³-hybridized carbons (Fsp3) is 0.300. The van der Waals surface area contributed by atoms with Gasteiger partial charge < -0.3 is 0 Å². The van der Waals surface area contributed by atoms with Gasteiger partial charge in [-0.3, -0.25) is 4.99 Å². The van der Waals surface area contributed by atoms with Gasteiger partial charge in [0.25, 0.3) is 0 Å². The number of nitrogens with zero attached hydrogens (tertiary/aromatic N) is 1. The van der Waals surface area contributed by atoms with Crippen LogP contribution in [0.2, 0.25) is 0 Å². The lowest BCUT2D eigenvalue weighted by atomic mass is 10.2. The van der Waals surface area contributed by atoms with E-state index in [4.69, 9.17) is 0 Å². The molecule has 0 fully saturated rings. The molecule has 1 nitrogen and oxygen atoms in total. The lowest BCUT2D eigenvalue weighted by molar-refractivity contribution is 1.44. The second kappa shape index (κ2) is 5.66. The molecule has 1 heteroatoms. The summed E-state index contributed by atoms with van der Waals surface area (Å²) in [5, 5.41) is 0. The van der Waals surface area contributed by atoms with Crippen molar-refractivity contribution in [3.05, 3.63) is 36.0 Å². The monoisotopic (exact) mass is 149 g/mol. The second-order valence-electron chi connectivity index (χ2n) is 2.41. The topological polar surface area (TPSA) is 12.4 Å². The second-order valence-corrected chi connectivity index (χ2v) is 2.41. The first-order valence-corrected chi connectivity index (χ1v) is 3.60. The number of hydrogen-bond acceptors (Lipinski definition) is 1. The zero-order valence-electron chi connectivity index (χ0n) is 7.46. The highest BCUT2D eigenvalue weighted by Crippen LogP contribution is 1.95. The molecule has 0 radical (unpaired) electrons. The molecule has 0 aromatic rings. The first kappa shape index (κ1) is 9.89. The number of allylic oxidation sites excluding steroid dienone is 5. The highest BCUT2D eigenvalue weighted by molar-refractivity contribution is 5.77. The van der Waals surface area contributed by atoms with Crippen molar-refractivity contribution in [1.29, 1.82) is 0 Å². The predicted molar refractivity (Wildman–Crippen MR) is 52.1 cm³/mol. The first-order valence-electron chi connectivity index (χ1n) is 3.60. The van der Waals surface area contributed by atoms with Crippen LogP contribution < -0.4 is 0 Å². The zero-order valence-corrected chi connectivity index (χ0v) is 7.46. The van der Waals surface area contributed by atoms with Gasteiger partial charge >= 0.3 is 0 Å². The van der Waals surface area contributed by atoms with Crippen molar-refractivity contribution in [2.75, 3.05) is 7.05 Å². The van der Waals surface area contributed by atoms with E-state index in [1.165, 1.54) is 0 Å². The van der Waals surface area contributed by atoms with Crippen LogP contribution >= 0.6 is 0 Å². The molecule has 0 unspecified atom stereocenters. The van der Waals surface area contributed by atoms with Crippen LogP contribution in [0.5, 0.6) is 0 Å². The Morgan fingerprint density at radius 1 is 1.18 bits per heavy atom. The Kier molecular flexibility index (Phi) is 5.09. The molecule has 0 atom stereocenters. The molecule has 0 spiro atoms. The van der Waals surface area contributed by atoms with Crippen LogP contribution in [0.1, 0.15) is 13.8 Å². The van der Waals surface area contributed by atoms with E-state index in [9.17, 15) is 0 Å². The van der Waals surface area contributed by atoms with E-state index in [0.29, 0.717) is 0 Å². The normalized spacial score (nSPS) is 14.1. The Morgan fingerprint density at radius 3 is 2.18 bits per heavy atom. The summed E-state index contributed by atoms with van der Waals surface area (Å²) in [5.41, 5.74) is 2.31. The predicted octanol–water partition coefficient (Wildman–Crippen LogP) is 2.77. The van der Waals surface area contributed by atoms with E-state index in [2.05, 4.69) is 11.6 Å². The Hall–Kier alpha value is -1.11. The molecule has 11 heavy (non-hydrogen) atoms. The van der Waals surface area contributed by atoms with Crippen molar-refractivity contribution >= 4 is 6.21 Å². The van der Waals surface area contributed by atoms with Crippen LogP contribution in [0, 0.1) is 0 Å². The molecule has 0 saturated carbocycles. The third-order valence-corrected chi connectivity index (χ3v) is 1.26. The first-order chi connectivity index (χ1) is 5.20. The molecule has 0 aromatic heterocycles. The van der Waals surface area contributed by atoms with Gasteiger partial charge in [-0.2, -0.15) is 0 Å². The minimum absolute atomic E-state index is 1.15. The maximum absolute atomic E-state index is 3.89. The van der Waals surface area contributed by atoms with Crippen molar-refractivity contribution in [2.45, 2.75) is 13.8 Å². The minimum Gasteiger partial charge on any atom is -0.296 e. The van der Waals surface area contributed by atoms with Gasteiger partial charge in [0.15, 0.2) is 0 Å². The Labute approximate surface area is 68.9 Å². The smallest absolute Gasteiger partial charge is 0.0277 e. The molecule has 0 rings (SSSR count). The zero-order chi connectivity index (χ0) is 8.69. The molecule has 0 amide bonds. The molecule has 0 aliphatic rings. The van der Waals surface area contributed by atoms with Gasteiger partial charge in [-0.1, -0.05) is 30.4 Å². The van der Waals surface area contributed by atoms with Crippen LogP contribution in [0.25, 0.3) is 0 Å². The lowest BCUT2D eigenvalue weighted by Gasteiger charge is -1.88. The largest absolute Gasteiger partial charge is 0.296 e. The Bertz CT molecular complexity index is 207. The van der Waals surface area contributed by atoms with Crippen LogP contribution in [0.15, 0.2) is 40.9 Å². The Morgan fingerprint density at radius 2 is 1.73 bits per heavy atom. The van der Waals surface area contributed by atoms with Gasteiger partial charge in [-0.15, -0.1) is 0 Å². The highest BCUT2D eigenvalue weighted by Gasteiger charge is 1.78. The highest BCUT2D eigenvalue weighted by atomic mass is 14.6. The van der Waals surface area contributed by atoms with E-state index in [1.54, 1.807) is 7.05 Å². The number of hydrogen-bond donors (Lipinski definition) is 0. The van der Waals surface area contributed by atoms with Crippen molar-refractivity contribution in [1.82, 2.24) is 0 Å². The van der Waals surface area contributed by atoms with Gasteiger partial charge in [-0.25, -0.2) is 0 Å². The molecule has 0 N–H and O–H groups in total. The quantitative estimate of drug-likeness (QED) is 0.432. The van der Waals surface area contributed by atoms with Gasteiger partial charge in [0, 0.05) is 13.3 Å². The van der Waals surface area contributed by atoms with Crippen molar-refractivity contribution in [3.8, 4) is 0 Å². The summed E-state index contributed by atoms with van der Waals surface area (Å²) in [6.07, 6.45) is 7.69. The van der Waals surface area contributed by atoms with Crippen LogP contribution in [0.4, 0.5) is 0 Å². The van der Waals surface area contributed by atoms with Crippen molar-refractivity contribution in [2.24, 2.45) is 4.99 Å². The van der Waals surface area contributed by atoms with Gasteiger partial charge in [0.05, 0.1) is 0 Å². The maximum atomic E-state index is 3.89. The average Bonchev–Trinajstić information content (AvgIpc) is 2.01. The minimum atomic E-state index is 1.15. The summed E-state index contributed by atoms with van der Waals surface area (Å²) in [6, 6.07) is 0. The van der Waals surface area contributed by atoms with Gasteiger partial charge in [0.1, 0.15) is 0 Å². The Balaban J connectivity index is 4.21. The van der Waals surface area contributed by atoms with Crippen molar-refractivity contribution in [3.63, 3.8) is 0 Å². The summed E-state index contributed by atoms with van der Waals surface area (Å²) in [6.45, 7) is 7.68. The number of aliphatic imine (C=N–C) groups is 1. The standard InChI is InChI=1S/C10H15N/c1-5-9(2)6-7-10(3)8-11-4/h5-8H,1H2,2-4H3/b9-6-,10-7+,11-8?. The van der Waals surface area contributed by atoms with Gasteiger partial charge in [-0.05, 0) is 19.4 Å². The summed E-state index contributed by atoms with van der Waals surface area (Å²) < 4.78 is 0. The van der Waals surface area contributed by atoms with Gasteiger partial charge in [0.2, 0.25) is 0 Å². The molecule has 0 aromatic carbocycles. The molecule has 0 heterocycles. The summed E-state index contributed by atoms with van der Waals surface area (Å²) in [5.74, 6) is 0. The third kappa shape index (κ3) is 5.34. The summed E-state index contributed by atoms with van der Waals surface area (Å²) in [4.78, 5) is 3.89. The molecule has 0 aliphatic heterocycles. The SMILES string of the molecule is C=C/C(C)=C\C=C(/C)C=NC. The van der Waals surface area contributed by atoms with E-state index in [0.717, 1.165) is 11.1 Å². The molecule has 0 bridgehead atoms. The number of rotatable bonds is 3. The van der Waals surface area contributed by atoms with Crippen LogP contribution in [-0.4, -0.2) is 13.3 Å². The van der Waals surface area contributed by atoms with E-state index >= 15 is 0 Å². The van der Waals surface area contributed by atoms with E-state index < -0.39 is 0 Å².